The topological polar surface area (TPSA) is 30.2 Å². The summed E-state index contributed by atoms with van der Waals surface area (Å²) in [6, 6.07) is 19.3. The number of rotatable bonds is 3. The van der Waals surface area contributed by atoms with Gasteiger partial charge < -0.3 is 0 Å². The molecule has 3 heterocycles. The Hall–Kier alpha value is -3.20. The first-order chi connectivity index (χ1) is 14.1. The smallest absolute Gasteiger partial charge is 0.145 e. The van der Waals surface area contributed by atoms with Gasteiger partial charge in [0.05, 0.1) is 22.9 Å². The third-order valence-electron chi connectivity index (χ3n) is 5.84. The second-order valence-electron chi connectivity index (χ2n) is 8.34. The van der Waals surface area contributed by atoms with Crippen LogP contribution in [0.4, 0.5) is 0 Å². The van der Waals surface area contributed by atoms with Crippen LogP contribution in [0.25, 0.3) is 38.7 Å². The van der Waals surface area contributed by atoms with Crippen molar-refractivity contribution in [3.63, 3.8) is 0 Å². The summed E-state index contributed by atoms with van der Waals surface area (Å²) in [6.07, 6.45) is 3.92. The van der Waals surface area contributed by atoms with Gasteiger partial charge in [0.25, 0.3) is 0 Å². The quantitative estimate of drug-likeness (QED) is 0.318. The van der Waals surface area contributed by atoms with Crippen molar-refractivity contribution in [1.29, 1.82) is 0 Å². The first-order valence-electron chi connectivity index (χ1n) is 10.3. The first-order valence-corrected chi connectivity index (χ1v) is 10.3. The van der Waals surface area contributed by atoms with Crippen LogP contribution < -0.4 is 0 Å². The number of fused-ring (bicyclic) bond motifs is 6. The molecule has 144 valence electrons. The molecule has 3 heteroatoms. The summed E-state index contributed by atoms with van der Waals surface area (Å²) in [4.78, 5) is 9.65. The van der Waals surface area contributed by atoms with Crippen LogP contribution in [0.5, 0.6) is 0 Å². The molecular formula is C26H25N3. The molecule has 0 bridgehead atoms. The maximum Gasteiger partial charge on any atom is 0.145 e. The van der Waals surface area contributed by atoms with Crippen molar-refractivity contribution < 1.29 is 0 Å². The van der Waals surface area contributed by atoms with Gasteiger partial charge in [-0.1, -0.05) is 70.2 Å². The van der Waals surface area contributed by atoms with Crippen LogP contribution in [0.3, 0.4) is 0 Å². The Morgan fingerprint density at radius 3 is 2.10 bits per heavy atom. The highest BCUT2D eigenvalue weighted by molar-refractivity contribution is 6.10. The lowest BCUT2D eigenvalue weighted by atomic mass is 9.87. The van der Waals surface area contributed by atoms with Gasteiger partial charge >= 0.3 is 0 Å². The highest BCUT2D eigenvalue weighted by atomic mass is 15.0. The summed E-state index contributed by atoms with van der Waals surface area (Å²) in [5.74, 6) is 0.859. The average molecular weight is 380 g/mol. The van der Waals surface area contributed by atoms with E-state index in [4.69, 9.17) is 9.97 Å². The lowest BCUT2D eigenvalue weighted by molar-refractivity contribution is 0.836. The van der Waals surface area contributed by atoms with Crippen LogP contribution in [0.15, 0.2) is 67.0 Å². The van der Waals surface area contributed by atoms with Gasteiger partial charge in [-0.05, 0) is 35.1 Å². The fourth-order valence-electron chi connectivity index (χ4n) is 4.48. The SMILES string of the molecule is CC(C)c1cccc(C(C)C)c1-c1cnc2c3ccccc3c3ncccc3n12. The van der Waals surface area contributed by atoms with Crippen LogP contribution in [-0.2, 0) is 0 Å². The summed E-state index contributed by atoms with van der Waals surface area (Å²) >= 11 is 0. The molecule has 2 aromatic carbocycles. The molecular weight excluding hydrogens is 354 g/mol. The van der Waals surface area contributed by atoms with E-state index in [1.54, 1.807) is 0 Å². The van der Waals surface area contributed by atoms with Crippen molar-refractivity contribution in [2.45, 2.75) is 39.5 Å². The van der Waals surface area contributed by atoms with E-state index in [9.17, 15) is 0 Å². The van der Waals surface area contributed by atoms with Gasteiger partial charge in [0.15, 0.2) is 0 Å². The van der Waals surface area contributed by atoms with Crippen molar-refractivity contribution in [2.75, 3.05) is 0 Å². The third-order valence-corrected chi connectivity index (χ3v) is 5.84. The minimum absolute atomic E-state index is 0.430. The van der Waals surface area contributed by atoms with Crippen LogP contribution in [-0.4, -0.2) is 14.4 Å². The molecule has 0 atom stereocenters. The van der Waals surface area contributed by atoms with Crippen molar-refractivity contribution in [1.82, 2.24) is 14.4 Å². The molecule has 3 aromatic heterocycles. The number of aromatic nitrogens is 3. The molecule has 0 fully saturated rings. The fraction of sp³-hybridized carbons (Fsp3) is 0.231. The van der Waals surface area contributed by atoms with Crippen LogP contribution in [0.1, 0.15) is 50.7 Å². The van der Waals surface area contributed by atoms with Gasteiger partial charge in [0.1, 0.15) is 5.65 Å². The average Bonchev–Trinajstić information content (AvgIpc) is 3.18. The molecule has 0 saturated heterocycles. The second-order valence-corrected chi connectivity index (χ2v) is 8.34. The van der Waals surface area contributed by atoms with Crippen LogP contribution in [0.2, 0.25) is 0 Å². The Morgan fingerprint density at radius 1 is 0.724 bits per heavy atom. The maximum atomic E-state index is 4.91. The van der Waals surface area contributed by atoms with Gasteiger partial charge in [-0.25, -0.2) is 4.98 Å². The van der Waals surface area contributed by atoms with Crippen LogP contribution in [0, 0.1) is 0 Å². The molecule has 5 rings (SSSR count). The molecule has 0 aliphatic heterocycles. The van der Waals surface area contributed by atoms with E-state index in [0.29, 0.717) is 11.8 Å². The molecule has 5 aromatic rings. The third kappa shape index (κ3) is 2.65. The number of hydrogen-bond donors (Lipinski definition) is 0. The standard InChI is InChI=1S/C26H25N3/c1-16(2)18-11-7-12-19(17(3)4)24(18)23-15-28-26-21-10-6-5-9-20(21)25-22(29(23)26)13-8-14-27-25/h5-17H,1-4H3. The fourth-order valence-corrected chi connectivity index (χ4v) is 4.48. The molecule has 0 N–H and O–H groups in total. The van der Waals surface area contributed by atoms with Gasteiger partial charge in [0.2, 0.25) is 0 Å². The lowest BCUT2D eigenvalue weighted by Gasteiger charge is -2.20. The zero-order valence-corrected chi connectivity index (χ0v) is 17.3. The van der Waals surface area contributed by atoms with Crippen LogP contribution >= 0.6 is 0 Å². The number of imidazole rings is 1. The molecule has 0 radical (unpaired) electrons. The summed E-state index contributed by atoms with van der Waals surface area (Å²) in [5, 5.41) is 2.28. The van der Waals surface area contributed by atoms with Crippen molar-refractivity contribution in [2.24, 2.45) is 0 Å². The van der Waals surface area contributed by atoms with E-state index in [2.05, 4.69) is 80.6 Å². The van der Waals surface area contributed by atoms with E-state index < -0.39 is 0 Å². The first kappa shape index (κ1) is 17.9. The summed E-state index contributed by atoms with van der Waals surface area (Å²) in [7, 11) is 0. The van der Waals surface area contributed by atoms with Gasteiger partial charge in [-0.15, -0.1) is 0 Å². The van der Waals surface area contributed by atoms with Crippen molar-refractivity contribution in [3.05, 3.63) is 78.1 Å². The Balaban J connectivity index is 2.00. The largest absolute Gasteiger partial charge is 0.290 e. The number of benzene rings is 2. The highest BCUT2D eigenvalue weighted by Crippen LogP contribution is 2.39. The molecule has 29 heavy (non-hydrogen) atoms. The molecule has 0 unspecified atom stereocenters. The molecule has 0 saturated carbocycles. The van der Waals surface area contributed by atoms with Gasteiger partial charge in [-0.3, -0.25) is 9.38 Å². The van der Waals surface area contributed by atoms with Gasteiger partial charge in [-0.2, -0.15) is 0 Å². The normalized spacial score (nSPS) is 12.1. The minimum Gasteiger partial charge on any atom is -0.290 e. The maximum absolute atomic E-state index is 4.91. The Morgan fingerprint density at radius 2 is 1.41 bits per heavy atom. The van der Waals surface area contributed by atoms with Crippen molar-refractivity contribution >= 4 is 27.5 Å². The molecule has 3 nitrogen and oxygen atoms in total. The molecule has 0 aliphatic rings. The number of hydrogen-bond acceptors (Lipinski definition) is 2. The zero-order valence-electron chi connectivity index (χ0n) is 17.3. The molecule has 0 aliphatic carbocycles. The predicted octanol–water partition coefficient (Wildman–Crippen LogP) is 6.95. The Kier molecular flexibility index (Phi) is 4.13. The Bertz CT molecular complexity index is 1330. The summed E-state index contributed by atoms with van der Waals surface area (Å²) in [6.45, 7) is 9.06. The highest BCUT2D eigenvalue weighted by Gasteiger charge is 2.21. The van der Waals surface area contributed by atoms with E-state index >= 15 is 0 Å². The second kappa shape index (κ2) is 6.70. The Labute approximate surface area is 171 Å². The summed E-state index contributed by atoms with van der Waals surface area (Å²) in [5.41, 5.74) is 8.29. The zero-order chi connectivity index (χ0) is 20.1. The van der Waals surface area contributed by atoms with E-state index in [0.717, 1.165) is 33.1 Å². The van der Waals surface area contributed by atoms with E-state index in [1.807, 2.05) is 18.5 Å². The minimum atomic E-state index is 0.430. The molecule has 0 amide bonds. The monoisotopic (exact) mass is 379 g/mol. The molecule has 0 spiro atoms. The lowest BCUT2D eigenvalue weighted by Crippen LogP contribution is -2.02. The van der Waals surface area contributed by atoms with E-state index in [-0.39, 0.29) is 0 Å². The van der Waals surface area contributed by atoms with E-state index in [1.165, 1.54) is 16.7 Å². The summed E-state index contributed by atoms with van der Waals surface area (Å²) < 4.78 is 2.30. The number of nitrogens with zero attached hydrogens (tertiary/aromatic N) is 3. The number of pyridine rings is 2. The van der Waals surface area contributed by atoms with Gasteiger partial charge in [0, 0.05) is 22.5 Å². The predicted molar refractivity (Wildman–Crippen MR) is 122 cm³/mol. The van der Waals surface area contributed by atoms with Crippen molar-refractivity contribution in [3.8, 4) is 11.3 Å².